The SMILES string of the molecule is CCNC(=NCC1CCCC1O)NC1CCN(Cc2ccccc2)C(C)C1. The molecule has 1 aromatic carbocycles. The minimum Gasteiger partial charge on any atom is -0.393 e. The van der Waals surface area contributed by atoms with Gasteiger partial charge in [-0.1, -0.05) is 36.8 Å². The van der Waals surface area contributed by atoms with Crippen LogP contribution in [0.5, 0.6) is 0 Å². The Labute approximate surface area is 164 Å². The summed E-state index contributed by atoms with van der Waals surface area (Å²) in [5, 5.41) is 17.0. The summed E-state index contributed by atoms with van der Waals surface area (Å²) in [6, 6.07) is 11.8. The summed E-state index contributed by atoms with van der Waals surface area (Å²) in [5.74, 6) is 1.23. The first-order valence-corrected chi connectivity index (χ1v) is 10.7. The van der Waals surface area contributed by atoms with Gasteiger partial charge in [0.05, 0.1) is 6.10 Å². The minimum atomic E-state index is -0.169. The van der Waals surface area contributed by atoms with Gasteiger partial charge in [-0.15, -0.1) is 0 Å². The number of rotatable bonds is 6. The van der Waals surface area contributed by atoms with Crippen LogP contribution >= 0.6 is 0 Å². The molecule has 3 rings (SSSR count). The maximum absolute atomic E-state index is 10.0. The molecule has 2 fully saturated rings. The molecule has 5 heteroatoms. The van der Waals surface area contributed by atoms with Gasteiger partial charge in [-0.25, -0.2) is 0 Å². The molecule has 0 bridgehead atoms. The zero-order valence-corrected chi connectivity index (χ0v) is 16.9. The summed E-state index contributed by atoms with van der Waals surface area (Å²) >= 11 is 0. The van der Waals surface area contributed by atoms with Crippen LogP contribution in [0.15, 0.2) is 35.3 Å². The Balaban J connectivity index is 1.50. The van der Waals surface area contributed by atoms with Crippen LogP contribution in [0.2, 0.25) is 0 Å². The fourth-order valence-electron chi connectivity index (χ4n) is 4.36. The van der Waals surface area contributed by atoms with Gasteiger partial charge in [0.15, 0.2) is 5.96 Å². The second kappa shape index (κ2) is 10.1. The number of benzene rings is 1. The van der Waals surface area contributed by atoms with E-state index in [-0.39, 0.29) is 6.10 Å². The molecule has 2 aliphatic rings. The molecule has 0 amide bonds. The first kappa shape index (κ1) is 20.2. The summed E-state index contributed by atoms with van der Waals surface area (Å²) in [5.41, 5.74) is 1.39. The average molecular weight is 373 g/mol. The van der Waals surface area contributed by atoms with Crippen molar-refractivity contribution in [3.05, 3.63) is 35.9 Å². The Bertz CT molecular complexity index is 591. The molecule has 1 aromatic rings. The molecule has 0 spiro atoms. The lowest BCUT2D eigenvalue weighted by Gasteiger charge is -2.38. The molecule has 4 atom stereocenters. The quantitative estimate of drug-likeness (QED) is 0.531. The lowest BCUT2D eigenvalue weighted by Crippen LogP contribution is -2.51. The van der Waals surface area contributed by atoms with Crippen LogP contribution in [0, 0.1) is 5.92 Å². The van der Waals surface area contributed by atoms with Crippen LogP contribution < -0.4 is 10.6 Å². The van der Waals surface area contributed by atoms with E-state index < -0.39 is 0 Å². The fourth-order valence-corrected chi connectivity index (χ4v) is 4.36. The molecule has 1 aliphatic carbocycles. The van der Waals surface area contributed by atoms with Crippen LogP contribution in [0.3, 0.4) is 0 Å². The summed E-state index contributed by atoms with van der Waals surface area (Å²) in [6.45, 7) is 8.15. The number of hydrogen-bond donors (Lipinski definition) is 3. The molecule has 3 N–H and O–H groups in total. The van der Waals surface area contributed by atoms with Crippen LogP contribution in [0.4, 0.5) is 0 Å². The van der Waals surface area contributed by atoms with Gasteiger partial charge < -0.3 is 15.7 Å². The number of aliphatic hydroxyl groups excluding tert-OH is 1. The van der Waals surface area contributed by atoms with E-state index in [0.29, 0.717) is 18.0 Å². The van der Waals surface area contributed by atoms with E-state index in [1.54, 1.807) is 0 Å². The standard InChI is InChI=1S/C22H36N4O/c1-3-23-22(24-15-19-10-7-11-21(19)27)25-20-12-13-26(17(2)14-20)16-18-8-5-4-6-9-18/h4-6,8-9,17,19-21,27H,3,7,10-16H2,1-2H3,(H2,23,24,25). The molecule has 4 unspecified atom stereocenters. The van der Waals surface area contributed by atoms with Gasteiger partial charge in [0.2, 0.25) is 0 Å². The van der Waals surface area contributed by atoms with Crippen molar-refractivity contribution in [3.63, 3.8) is 0 Å². The van der Waals surface area contributed by atoms with Crippen molar-refractivity contribution in [2.24, 2.45) is 10.9 Å². The van der Waals surface area contributed by atoms with E-state index in [0.717, 1.165) is 64.2 Å². The number of piperidine rings is 1. The molecule has 1 aliphatic heterocycles. The predicted octanol–water partition coefficient (Wildman–Crippen LogP) is 2.76. The largest absolute Gasteiger partial charge is 0.393 e. The second-order valence-corrected chi connectivity index (χ2v) is 8.15. The van der Waals surface area contributed by atoms with Crippen molar-refractivity contribution in [1.82, 2.24) is 15.5 Å². The van der Waals surface area contributed by atoms with E-state index in [1.165, 1.54) is 5.56 Å². The topological polar surface area (TPSA) is 59.9 Å². The summed E-state index contributed by atoms with van der Waals surface area (Å²) < 4.78 is 0. The van der Waals surface area contributed by atoms with E-state index in [9.17, 15) is 5.11 Å². The van der Waals surface area contributed by atoms with Gasteiger partial charge in [-0.05, 0) is 45.1 Å². The van der Waals surface area contributed by atoms with Crippen molar-refractivity contribution < 1.29 is 5.11 Å². The lowest BCUT2D eigenvalue weighted by atomic mass is 9.97. The number of likely N-dealkylation sites (tertiary alicyclic amines) is 1. The average Bonchev–Trinajstić information content (AvgIpc) is 3.08. The third-order valence-electron chi connectivity index (χ3n) is 6.03. The molecule has 0 aromatic heterocycles. The molecule has 1 heterocycles. The van der Waals surface area contributed by atoms with Crippen molar-refractivity contribution in [1.29, 1.82) is 0 Å². The van der Waals surface area contributed by atoms with E-state index in [2.05, 4.69) is 59.7 Å². The smallest absolute Gasteiger partial charge is 0.191 e. The van der Waals surface area contributed by atoms with Crippen LogP contribution in [-0.2, 0) is 6.54 Å². The first-order chi connectivity index (χ1) is 13.2. The molecular weight excluding hydrogens is 336 g/mol. The fraction of sp³-hybridized carbons (Fsp3) is 0.682. The van der Waals surface area contributed by atoms with E-state index in [1.807, 2.05) is 0 Å². The van der Waals surface area contributed by atoms with Crippen LogP contribution in [-0.4, -0.2) is 53.8 Å². The van der Waals surface area contributed by atoms with Gasteiger partial charge in [-0.3, -0.25) is 9.89 Å². The maximum Gasteiger partial charge on any atom is 0.191 e. The van der Waals surface area contributed by atoms with Crippen LogP contribution in [0.1, 0.15) is 51.5 Å². The van der Waals surface area contributed by atoms with Gasteiger partial charge in [-0.2, -0.15) is 0 Å². The highest BCUT2D eigenvalue weighted by molar-refractivity contribution is 5.80. The molecule has 27 heavy (non-hydrogen) atoms. The Kier molecular flexibility index (Phi) is 7.53. The highest BCUT2D eigenvalue weighted by atomic mass is 16.3. The Morgan fingerprint density at radius 1 is 1.22 bits per heavy atom. The molecular formula is C22H36N4O. The summed E-state index contributed by atoms with van der Waals surface area (Å²) in [6.07, 6.45) is 5.25. The predicted molar refractivity (Wildman–Crippen MR) is 112 cm³/mol. The van der Waals surface area contributed by atoms with Crippen molar-refractivity contribution in [2.45, 2.75) is 70.7 Å². The van der Waals surface area contributed by atoms with Crippen molar-refractivity contribution in [2.75, 3.05) is 19.6 Å². The summed E-state index contributed by atoms with van der Waals surface area (Å²) in [4.78, 5) is 7.35. The zero-order valence-electron chi connectivity index (χ0n) is 16.9. The lowest BCUT2D eigenvalue weighted by molar-refractivity contribution is 0.133. The number of guanidine groups is 1. The molecule has 0 radical (unpaired) electrons. The van der Waals surface area contributed by atoms with Crippen molar-refractivity contribution >= 4 is 5.96 Å². The number of nitrogens with zero attached hydrogens (tertiary/aromatic N) is 2. The first-order valence-electron chi connectivity index (χ1n) is 10.7. The third kappa shape index (κ3) is 5.94. The second-order valence-electron chi connectivity index (χ2n) is 8.15. The zero-order chi connectivity index (χ0) is 19.1. The molecule has 150 valence electrons. The number of aliphatic hydroxyl groups is 1. The van der Waals surface area contributed by atoms with Gasteiger partial charge in [0.1, 0.15) is 0 Å². The van der Waals surface area contributed by atoms with E-state index in [4.69, 9.17) is 4.99 Å². The third-order valence-corrected chi connectivity index (χ3v) is 6.03. The van der Waals surface area contributed by atoms with E-state index >= 15 is 0 Å². The molecule has 1 saturated heterocycles. The van der Waals surface area contributed by atoms with Gasteiger partial charge in [0, 0.05) is 44.2 Å². The van der Waals surface area contributed by atoms with Crippen molar-refractivity contribution in [3.8, 4) is 0 Å². The summed E-state index contributed by atoms with van der Waals surface area (Å²) in [7, 11) is 0. The minimum absolute atomic E-state index is 0.169. The Morgan fingerprint density at radius 3 is 2.70 bits per heavy atom. The highest BCUT2D eigenvalue weighted by Crippen LogP contribution is 2.25. The monoisotopic (exact) mass is 372 g/mol. The molecule has 5 nitrogen and oxygen atoms in total. The maximum atomic E-state index is 10.0. The van der Waals surface area contributed by atoms with Crippen LogP contribution in [0.25, 0.3) is 0 Å². The van der Waals surface area contributed by atoms with Gasteiger partial charge >= 0.3 is 0 Å². The Morgan fingerprint density at radius 2 is 2.04 bits per heavy atom. The van der Waals surface area contributed by atoms with Gasteiger partial charge in [0.25, 0.3) is 0 Å². The highest BCUT2D eigenvalue weighted by Gasteiger charge is 2.27. The number of nitrogens with one attached hydrogen (secondary N) is 2. The Hall–Kier alpha value is -1.59. The number of aliphatic imine (C=N–C) groups is 1. The number of hydrogen-bond acceptors (Lipinski definition) is 3. The molecule has 1 saturated carbocycles. The normalized spacial score (nSPS) is 29.7.